The minimum Gasteiger partial charge on any atom is -0.390 e. The summed E-state index contributed by atoms with van der Waals surface area (Å²) in [6.45, 7) is 3.60. The highest BCUT2D eigenvalue weighted by molar-refractivity contribution is 4.82. The summed E-state index contributed by atoms with van der Waals surface area (Å²) >= 11 is 0. The van der Waals surface area contributed by atoms with Crippen molar-refractivity contribution in [1.82, 2.24) is 5.32 Å². The average molecular weight is 158 g/mol. The van der Waals surface area contributed by atoms with Gasteiger partial charge < -0.3 is 16.2 Å². The van der Waals surface area contributed by atoms with Crippen LogP contribution in [0.4, 0.5) is 0 Å². The first-order valence-corrected chi connectivity index (χ1v) is 4.35. The molecule has 0 spiro atoms. The number of rotatable bonds is 2. The van der Waals surface area contributed by atoms with Crippen molar-refractivity contribution in [3.63, 3.8) is 0 Å². The first-order chi connectivity index (χ1) is 5.24. The molecule has 3 heteroatoms. The Hall–Kier alpha value is -0.120. The first-order valence-electron chi connectivity index (χ1n) is 4.35. The van der Waals surface area contributed by atoms with Gasteiger partial charge in [0.1, 0.15) is 0 Å². The molecule has 0 bridgehead atoms. The van der Waals surface area contributed by atoms with E-state index >= 15 is 0 Å². The molecule has 11 heavy (non-hydrogen) atoms. The summed E-state index contributed by atoms with van der Waals surface area (Å²) in [5.74, 6) is 0.724. The van der Waals surface area contributed by atoms with Crippen molar-refractivity contribution in [3.8, 4) is 0 Å². The number of nitrogens with one attached hydrogen (secondary N) is 1. The molecule has 0 saturated carbocycles. The molecule has 0 radical (unpaired) electrons. The number of hydrogen-bond acceptors (Lipinski definition) is 3. The van der Waals surface area contributed by atoms with Crippen molar-refractivity contribution in [1.29, 1.82) is 0 Å². The summed E-state index contributed by atoms with van der Waals surface area (Å²) in [6, 6.07) is 0.226. The molecular formula is C8H18N2O. The Morgan fingerprint density at radius 2 is 2.45 bits per heavy atom. The van der Waals surface area contributed by atoms with E-state index in [4.69, 9.17) is 5.73 Å². The van der Waals surface area contributed by atoms with E-state index in [9.17, 15) is 5.11 Å². The fourth-order valence-corrected chi connectivity index (χ4v) is 1.61. The Labute approximate surface area is 68.0 Å². The molecule has 0 aromatic rings. The third-order valence-electron chi connectivity index (χ3n) is 2.41. The van der Waals surface area contributed by atoms with Crippen LogP contribution in [-0.2, 0) is 0 Å². The van der Waals surface area contributed by atoms with E-state index in [2.05, 4.69) is 12.2 Å². The van der Waals surface area contributed by atoms with Crippen LogP contribution in [0.2, 0.25) is 0 Å². The van der Waals surface area contributed by atoms with Crippen molar-refractivity contribution in [3.05, 3.63) is 0 Å². The number of aliphatic hydroxyl groups is 1. The molecule has 66 valence electrons. The Kier molecular flexibility index (Phi) is 3.30. The highest BCUT2D eigenvalue weighted by atomic mass is 16.3. The van der Waals surface area contributed by atoms with E-state index in [-0.39, 0.29) is 12.1 Å². The van der Waals surface area contributed by atoms with Crippen molar-refractivity contribution >= 4 is 0 Å². The molecule has 0 aromatic heterocycles. The normalized spacial score (nSPS) is 35.2. The third-order valence-corrected chi connectivity index (χ3v) is 2.41. The summed E-state index contributed by atoms with van der Waals surface area (Å²) in [4.78, 5) is 0. The zero-order chi connectivity index (χ0) is 8.27. The summed E-state index contributed by atoms with van der Waals surface area (Å²) in [7, 11) is 0. The largest absolute Gasteiger partial charge is 0.390 e. The van der Waals surface area contributed by atoms with Crippen LogP contribution in [0.1, 0.15) is 19.8 Å². The minimum atomic E-state index is -0.363. The maximum atomic E-state index is 9.41. The maximum Gasteiger partial charge on any atom is 0.0815 e. The molecular weight excluding hydrogens is 140 g/mol. The van der Waals surface area contributed by atoms with E-state index < -0.39 is 0 Å². The molecule has 3 unspecified atom stereocenters. The molecule has 1 heterocycles. The lowest BCUT2D eigenvalue weighted by Crippen LogP contribution is -2.48. The predicted molar refractivity (Wildman–Crippen MR) is 45.2 cm³/mol. The van der Waals surface area contributed by atoms with E-state index in [1.807, 2.05) is 0 Å². The Bertz CT molecular complexity index is 119. The van der Waals surface area contributed by atoms with Gasteiger partial charge in [0, 0.05) is 12.6 Å². The monoisotopic (exact) mass is 158 g/mol. The van der Waals surface area contributed by atoms with E-state index in [1.54, 1.807) is 0 Å². The fraction of sp³-hybridized carbons (Fsp3) is 1.00. The van der Waals surface area contributed by atoms with E-state index in [0.29, 0.717) is 6.54 Å². The molecule has 0 aromatic carbocycles. The van der Waals surface area contributed by atoms with E-state index in [0.717, 1.165) is 18.9 Å². The summed E-state index contributed by atoms with van der Waals surface area (Å²) in [6.07, 6.45) is 1.91. The lowest BCUT2D eigenvalue weighted by Gasteiger charge is -2.31. The SMILES string of the molecule is CC1CCNC(C(O)CN)C1. The highest BCUT2D eigenvalue weighted by Gasteiger charge is 2.23. The molecule has 1 aliphatic rings. The molecule has 0 aliphatic carbocycles. The second-order valence-electron chi connectivity index (χ2n) is 3.49. The van der Waals surface area contributed by atoms with Gasteiger partial charge in [-0.15, -0.1) is 0 Å². The van der Waals surface area contributed by atoms with Gasteiger partial charge >= 0.3 is 0 Å². The van der Waals surface area contributed by atoms with E-state index in [1.165, 1.54) is 6.42 Å². The van der Waals surface area contributed by atoms with Crippen molar-refractivity contribution in [2.75, 3.05) is 13.1 Å². The minimum absolute atomic E-state index is 0.226. The van der Waals surface area contributed by atoms with Crippen LogP contribution in [-0.4, -0.2) is 30.3 Å². The van der Waals surface area contributed by atoms with Crippen LogP contribution in [0.3, 0.4) is 0 Å². The predicted octanol–water partition coefficient (Wildman–Crippen LogP) is -0.306. The first kappa shape index (κ1) is 8.97. The lowest BCUT2D eigenvalue weighted by molar-refractivity contribution is 0.108. The van der Waals surface area contributed by atoms with Crippen molar-refractivity contribution < 1.29 is 5.11 Å². The topological polar surface area (TPSA) is 58.3 Å². The third kappa shape index (κ3) is 2.43. The van der Waals surface area contributed by atoms with Crippen molar-refractivity contribution in [2.45, 2.75) is 31.9 Å². The van der Waals surface area contributed by atoms with Gasteiger partial charge in [-0.1, -0.05) is 6.92 Å². The Morgan fingerprint density at radius 1 is 1.73 bits per heavy atom. The molecule has 4 N–H and O–H groups in total. The molecule has 1 rings (SSSR count). The van der Waals surface area contributed by atoms with Gasteiger partial charge in [0.25, 0.3) is 0 Å². The van der Waals surface area contributed by atoms with Crippen LogP contribution in [0, 0.1) is 5.92 Å². The number of hydrogen-bond donors (Lipinski definition) is 3. The van der Waals surface area contributed by atoms with Gasteiger partial charge in [0.15, 0.2) is 0 Å². The summed E-state index contributed by atoms with van der Waals surface area (Å²) < 4.78 is 0. The van der Waals surface area contributed by atoms with Crippen molar-refractivity contribution in [2.24, 2.45) is 11.7 Å². The zero-order valence-corrected chi connectivity index (χ0v) is 7.09. The smallest absolute Gasteiger partial charge is 0.0815 e. The standard InChI is InChI=1S/C8H18N2O/c1-6-2-3-10-7(4-6)8(11)5-9/h6-8,10-11H,2-5,9H2,1H3. The maximum absolute atomic E-state index is 9.41. The second kappa shape index (κ2) is 4.04. The second-order valence-corrected chi connectivity index (χ2v) is 3.49. The molecule has 1 saturated heterocycles. The highest BCUT2D eigenvalue weighted by Crippen LogP contribution is 2.16. The van der Waals surface area contributed by atoms with Crippen LogP contribution in [0.5, 0.6) is 0 Å². The molecule has 0 amide bonds. The average Bonchev–Trinajstić information content (AvgIpc) is 2.03. The Morgan fingerprint density at radius 3 is 3.00 bits per heavy atom. The fourth-order valence-electron chi connectivity index (χ4n) is 1.61. The van der Waals surface area contributed by atoms with Gasteiger partial charge in [-0.3, -0.25) is 0 Å². The van der Waals surface area contributed by atoms with Gasteiger partial charge in [-0.05, 0) is 25.3 Å². The number of aliphatic hydroxyl groups excluding tert-OH is 1. The summed E-state index contributed by atoms with van der Waals surface area (Å²) in [5.41, 5.74) is 5.36. The van der Waals surface area contributed by atoms with Gasteiger partial charge in [-0.25, -0.2) is 0 Å². The molecule has 3 atom stereocenters. The van der Waals surface area contributed by atoms with Crippen LogP contribution in [0.15, 0.2) is 0 Å². The van der Waals surface area contributed by atoms with Gasteiger partial charge in [0.2, 0.25) is 0 Å². The molecule has 3 nitrogen and oxygen atoms in total. The number of nitrogens with two attached hydrogens (primary N) is 1. The molecule has 1 aliphatic heterocycles. The quantitative estimate of drug-likeness (QED) is 0.517. The van der Waals surface area contributed by atoms with Crippen LogP contribution in [0.25, 0.3) is 0 Å². The lowest BCUT2D eigenvalue weighted by atomic mass is 9.91. The molecule has 1 fully saturated rings. The zero-order valence-electron chi connectivity index (χ0n) is 7.09. The Balaban J connectivity index is 2.33. The van der Waals surface area contributed by atoms with Crippen LogP contribution < -0.4 is 11.1 Å². The van der Waals surface area contributed by atoms with Crippen LogP contribution >= 0.6 is 0 Å². The summed E-state index contributed by atoms with van der Waals surface area (Å²) in [5, 5.41) is 12.7. The van der Waals surface area contributed by atoms with Gasteiger partial charge in [-0.2, -0.15) is 0 Å². The van der Waals surface area contributed by atoms with Gasteiger partial charge in [0.05, 0.1) is 6.10 Å². The number of piperidine rings is 1.